The molecule has 5 nitrogen and oxygen atoms in total. The normalized spacial score (nSPS) is 10.9. The van der Waals surface area contributed by atoms with E-state index in [2.05, 4.69) is 5.32 Å². The molecular weight excluding hydrogens is 384 g/mol. The number of para-hydroxylation sites is 1. The molecule has 0 spiro atoms. The molecule has 0 heterocycles. The SMILES string of the molecule is Cc1ccc(NC(=O)/C(C#N)=C\N(c2ccccc2)c2ccc(N)cc2)cc1Cl. The van der Waals surface area contributed by atoms with E-state index in [9.17, 15) is 10.1 Å². The van der Waals surface area contributed by atoms with E-state index in [0.717, 1.165) is 16.9 Å². The van der Waals surface area contributed by atoms with Crippen molar-refractivity contribution in [2.45, 2.75) is 6.92 Å². The Morgan fingerprint density at radius 3 is 2.34 bits per heavy atom. The molecule has 0 fully saturated rings. The molecule has 0 unspecified atom stereocenters. The molecule has 0 saturated carbocycles. The zero-order valence-electron chi connectivity index (χ0n) is 15.8. The van der Waals surface area contributed by atoms with Crippen LogP contribution in [0.2, 0.25) is 5.02 Å². The Labute approximate surface area is 174 Å². The quantitative estimate of drug-likeness (QED) is 0.339. The summed E-state index contributed by atoms with van der Waals surface area (Å²) >= 11 is 6.12. The van der Waals surface area contributed by atoms with E-state index in [-0.39, 0.29) is 5.57 Å². The number of anilines is 4. The van der Waals surface area contributed by atoms with Crippen LogP contribution in [0.1, 0.15) is 5.56 Å². The van der Waals surface area contributed by atoms with Gasteiger partial charge >= 0.3 is 0 Å². The van der Waals surface area contributed by atoms with E-state index in [0.29, 0.717) is 16.4 Å². The molecule has 3 N–H and O–H groups in total. The van der Waals surface area contributed by atoms with Gasteiger partial charge in [0, 0.05) is 34.0 Å². The number of nitriles is 1. The molecule has 0 aliphatic carbocycles. The van der Waals surface area contributed by atoms with E-state index in [4.69, 9.17) is 17.3 Å². The smallest absolute Gasteiger partial charge is 0.267 e. The van der Waals surface area contributed by atoms with Gasteiger partial charge in [-0.3, -0.25) is 4.79 Å². The van der Waals surface area contributed by atoms with Crippen molar-refractivity contribution in [2.75, 3.05) is 16.0 Å². The number of carbonyl (C=O) groups excluding carboxylic acids is 1. The van der Waals surface area contributed by atoms with E-state index in [1.165, 1.54) is 6.20 Å². The maximum Gasteiger partial charge on any atom is 0.267 e. The van der Waals surface area contributed by atoms with E-state index < -0.39 is 5.91 Å². The molecule has 3 aromatic rings. The summed E-state index contributed by atoms with van der Waals surface area (Å²) in [5, 5.41) is 12.9. The van der Waals surface area contributed by atoms with Crippen LogP contribution in [0.5, 0.6) is 0 Å². The summed E-state index contributed by atoms with van der Waals surface area (Å²) < 4.78 is 0. The Morgan fingerprint density at radius 1 is 1.07 bits per heavy atom. The predicted molar refractivity (Wildman–Crippen MR) is 118 cm³/mol. The van der Waals surface area contributed by atoms with Crippen molar-refractivity contribution in [2.24, 2.45) is 0 Å². The molecule has 144 valence electrons. The van der Waals surface area contributed by atoms with Gasteiger partial charge in [-0.15, -0.1) is 0 Å². The lowest BCUT2D eigenvalue weighted by Crippen LogP contribution is -2.18. The van der Waals surface area contributed by atoms with Crippen LogP contribution in [0.25, 0.3) is 0 Å². The van der Waals surface area contributed by atoms with E-state index in [1.54, 1.807) is 35.2 Å². The summed E-state index contributed by atoms with van der Waals surface area (Å²) in [7, 11) is 0. The average molecular weight is 403 g/mol. The van der Waals surface area contributed by atoms with Gasteiger partial charge in [0.15, 0.2) is 0 Å². The zero-order valence-corrected chi connectivity index (χ0v) is 16.5. The number of carbonyl (C=O) groups is 1. The highest BCUT2D eigenvalue weighted by molar-refractivity contribution is 6.31. The maximum absolute atomic E-state index is 12.7. The lowest BCUT2D eigenvalue weighted by molar-refractivity contribution is -0.112. The molecule has 0 bridgehead atoms. The first-order valence-corrected chi connectivity index (χ1v) is 9.25. The highest BCUT2D eigenvalue weighted by atomic mass is 35.5. The summed E-state index contributed by atoms with van der Waals surface area (Å²) in [4.78, 5) is 14.5. The number of nitrogens with one attached hydrogen (secondary N) is 1. The lowest BCUT2D eigenvalue weighted by atomic mass is 10.2. The summed E-state index contributed by atoms with van der Waals surface area (Å²) in [5.41, 5.74) is 9.35. The second-order valence-corrected chi connectivity index (χ2v) is 6.78. The van der Waals surface area contributed by atoms with E-state index >= 15 is 0 Å². The number of nitrogens with two attached hydrogens (primary N) is 1. The Kier molecular flexibility index (Phi) is 6.18. The van der Waals surface area contributed by atoms with Crippen LogP contribution in [-0.4, -0.2) is 5.91 Å². The summed E-state index contributed by atoms with van der Waals surface area (Å²) in [6.07, 6.45) is 1.51. The van der Waals surface area contributed by atoms with Crippen LogP contribution >= 0.6 is 11.6 Å². The number of nitrogen functional groups attached to an aromatic ring is 1. The number of amides is 1. The minimum Gasteiger partial charge on any atom is -0.399 e. The number of halogens is 1. The monoisotopic (exact) mass is 402 g/mol. The first-order valence-electron chi connectivity index (χ1n) is 8.87. The van der Waals surface area contributed by atoms with Gasteiger partial charge < -0.3 is 16.0 Å². The minimum atomic E-state index is -0.524. The number of hydrogen-bond donors (Lipinski definition) is 2. The van der Waals surface area contributed by atoms with Gasteiger partial charge in [-0.1, -0.05) is 35.9 Å². The fraction of sp³-hybridized carbons (Fsp3) is 0.0435. The fourth-order valence-corrected chi connectivity index (χ4v) is 2.84. The van der Waals surface area contributed by atoms with Crippen molar-refractivity contribution in [3.63, 3.8) is 0 Å². The molecule has 6 heteroatoms. The minimum absolute atomic E-state index is 0.0534. The van der Waals surface area contributed by atoms with Gasteiger partial charge in [0.25, 0.3) is 5.91 Å². The zero-order chi connectivity index (χ0) is 20.8. The van der Waals surface area contributed by atoms with Crippen molar-refractivity contribution in [1.29, 1.82) is 5.26 Å². The molecule has 0 aliphatic heterocycles. The van der Waals surface area contributed by atoms with Crippen LogP contribution in [0.15, 0.2) is 84.6 Å². The third-order valence-electron chi connectivity index (χ3n) is 4.26. The standard InChI is InChI=1S/C23H19ClN4O/c1-16-7-10-19(13-22(16)24)27-23(29)17(14-25)15-28(20-5-3-2-4-6-20)21-11-8-18(26)9-12-21/h2-13,15H,26H2,1H3,(H,27,29)/b17-15-. The Balaban J connectivity index is 1.95. The van der Waals surface area contributed by atoms with Crippen molar-refractivity contribution in [1.82, 2.24) is 0 Å². The van der Waals surface area contributed by atoms with Gasteiger partial charge in [-0.2, -0.15) is 5.26 Å². The van der Waals surface area contributed by atoms with Crippen LogP contribution in [0.4, 0.5) is 22.7 Å². The number of rotatable bonds is 5. The Morgan fingerprint density at radius 2 is 1.72 bits per heavy atom. The predicted octanol–water partition coefficient (Wildman–Crippen LogP) is 5.41. The second kappa shape index (κ2) is 8.96. The summed E-state index contributed by atoms with van der Waals surface area (Å²) in [5.74, 6) is -0.524. The maximum atomic E-state index is 12.7. The van der Waals surface area contributed by atoms with Gasteiger partial charge in [0.2, 0.25) is 0 Å². The molecule has 0 aromatic heterocycles. The second-order valence-electron chi connectivity index (χ2n) is 6.37. The van der Waals surface area contributed by atoms with Crippen molar-refractivity contribution >= 4 is 40.3 Å². The Hall–Kier alpha value is -3.75. The molecule has 3 rings (SSSR count). The largest absolute Gasteiger partial charge is 0.399 e. The van der Waals surface area contributed by atoms with Gasteiger partial charge in [-0.05, 0) is 61.0 Å². The Bertz CT molecular complexity index is 1090. The molecule has 0 saturated heterocycles. The van der Waals surface area contributed by atoms with Crippen molar-refractivity contribution < 1.29 is 4.79 Å². The molecule has 1 amide bonds. The number of nitrogens with zero attached hydrogens (tertiary/aromatic N) is 2. The fourth-order valence-electron chi connectivity index (χ4n) is 2.66. The molecule has 0 aliphatic rings. The molecular formula is C23H19ClN4O. The number of aryl methyl sites for hydroxylation is 1. The van der Waals surface area contributed by atoms with Crippen molar-refractivity contribution in [3.05, 3.63) is 95.2 Å². The summed E-state index contributed by atoms with van der Waals surface area (Å²) in [6, 6.07) is 23.8. The molecule has 29 heavy (non-hydrogen) atoms. The molecule has 0 radical (unpaired) electrons. The van der Waals surface area contributed by atoms with Crippen LogP contribution < -0.4 is 16.0 Å². The third-order valence-corrected chi connectivity index (χ3v) is 4.67. The van der Waals surface area contributed by atoms with Gasteiger partial charge in [0.1, 0.15) is 11.6 Å². The molecule has 0 atom stereocenters. The third kappa shape index (κ3) is 4.95. The highest BCUT2D eigenvalue weighted by Gasteiger charge is 2.14. The first kappa shape index (κ1) is 20.0. The van der Waals surface area contributed by atoms with E-state index in [1.807, 2.05) is 55.5 Å². The molecule has 3 aromatic carbocycles. The number of hydrogen-bond acceptors (Lipinski definition) is 4. The van der Waals surface area contributed by atoms with Crippen LogP contribution in [-0.2, 0) is 4.79 Å². The summed E-state index contributed by atoms with van der Waals surface area (Å²) in [6.45, 7) is 1.87. The first-order chi connectivity index (χ1) is 14.0. The van der Waals surface area contributed by atoms with Gasteiger partial charge in [-0.25, -0.2) is 0 Å². The highest BCUT2D eigenvalue weighted by Crippen LogP contribution is 2.27. The van der Waals surface area contributed by atoms with Crippen LogP contribution in [0, 0.1) is 18.3 Å². The van der Waals surface area contributed by atoms with Crippen LogP contribution in [0.3, 0.4) is 0 Å². The van der Waals surface area contributed by atoms with Gasteiger partial charge in [0.05, 0.1) is 0 Å². The lowest BCUT2D eigenvalue weighted by Gasteiger charge is -2.21. The average Bonchev–Trinajstić information content (AvgIpc) is 2.73. The number of benzene rings is 3. The topological polar surface area (TPSA) is 82.2 Å². The van der Waals surface area contributed by atoms with Crippen molar-refractivity contribution in [3.8, 4) is 6.07 Å².